The number of carboxylic acids is 1. The van der Waals surface area contributed by atoms with Crippen LogP contribution in [0.3, 0.4) is 0 Å². The summed E-state index contributed by atoms with van der Waals surface area (Å²) >= 11 is 1.42. The van der Waals surface area contributed by atoms with Crippen LogP contribution < -0.4 is 0 Å². The molecule has 0 saturated carbocycles. The minimum atomic E-state index is -0.998. The van der Waals surface area contributed by atoms with E-state index in [1.165, 1.54) is 29.1 Å². The monoisotopic (exact) mass is 259 g/mol. The number of carbonyl (C=O) groups is 1. The molecule has 2 aromatic rings. The van der Waals surface area contributed by atoms with Crippen molar-refractivity contribution in [2.45, 2.75) is 23.6 Å². The number of rotatable bonds is 3. The molecule has 0 aliphatic heterocycles. The van der Waals surface area contributed by atoms with Crippen LogP contribution in [0.4, 0.5) is 0 Å². The van der Waals surface area contributed by atoms with E-state index in [4.69, 9.17) is 5.11 Å². The van der Waals surface area contributed by atoms with Crippen LogP contribution in [0.5, 0.6) is 0 Å². The smallest absolute Gasteiger partial charge is 0.355 e. The summed E-state index contributed by atoms with van der Waals surface area (Å²) in [6, 6.07) is 9.60. The lowest BCUT2D eigenvalue weighted by molar-refractivity contribution is 0.0686. The highest BCUT2D eigenvalue weighted by Crippen LogP contribution is 2.30. The van der Waals surface area contributed by atoms with E-state index in [0.29, 0.717) is 4.90 Å². The zero-order chi connectivity index (χ0) is 13.1. The van der Waals surface area contributed by atoms with Crippen molar-refractivity contribution in [2.75, 3.05) is 0 Å². The summed E-state index contributed by atoms with van der Waals surface area (Å²) in [6.45, 7) is 4.09. The zero-order valence-electron chi connectivity index (χ0n) is 10.2. The van der Waals surface area contributed by atoms with Gasteiger partial charge in [0, 0.05) is 16.0 Å². The number of hydrogen-bond acceptors (Lipinski definition) is 3. The molecule has 92 valence electrons. The highest BCUT2D eigenvalue weighted by Gasteiger charge is 2.12. The lowest BCUT2D eigenvalue weighted by Gasteiger charge is -2.06. The molecule has 0 saturated heterocycles. The van der Waals surface area contributed by atoms with Gasteiger partial charge in [0.1, 0.15) is 0 Å². The normalized spacial score (nSPS) is 10.3. The van der Waals surface area contributed by atoms with Crippen LogP contribution in [-0.4, -0.2) is 16.1 Å². The van der Waals surface area contributed by atoms with E-state index in [9.17, 15) is 4.79 Å². The standard InChI is InChI=1S/C14H13NO2S/c1-9-5-6-11(8-10(9)2)18-12-4-3-7-15-13(12)14(16)17/h3-8H,1-2H3,(H,16,17). The van der Waals surface area contributed by atoms with Gasteiger partial charge in [-0.05, 0) is 49.2 Å². The largest absolute Gasteiger partial charge is 0.476 e. The number of aryl methyl sites for hydroxylation is 2. The van der Waals surface area contributed by atoms with Crippen molar-refractivity contribution in [1.82, 2.24) is 4.98 Å². The van der Waals surface area contributed by atoms with E-state index < -0.39 is 5.97 Å². The number of hydrogen-bond donors (Lipinski definition) is 1. The van der Waals surface area contributed by atoms with Crippen LogP contribution >= 0.6 is 11.8 Å². The van der Waals surface area contributed by atoms with Gasteiger partial charge in [-0.3, -0.25) is 0 Å². The van der Waals surface area contributed by atoms with Crippen molar-refractivity contribution in [3.63, 3.8) is 0 Å². The molecular weight excluding hydrogens is 246 g/mol. The second-order valence-electron chi connectivity index (χ2n) is 4.00. The van der Waals surface area contributed by atoms with E-state index >= 15 is 0 Å². The maximum atomic E-state index is 11.1. The van der Waals surface area contributed by atoms with Crippen molar-refractivity contribution in [1.29, 1.82) is 0 Å². The molecule has 1 heterocycles. The molecule has 2 rings (SSSR count). The Bertz CT molecular complexity index is 596. The van der Waals surface area contributed by atoms with Gasteiger partial charge >= 0.3 is 5.97 Å². The predicted molar refractivity (Wildman–Crippen MR) is 71.2 cm³/mol. The minimum Gasteiger partial charge on any atom is -0.476 e. The lowest BCUT2D eigenvalue weighted by Crippen LogP contribution is -2.01. The summed E-state index contributed by atoms with van der Waals surface area (Å²) in [4.78, 5) is 16.6. The van der Waals surface area contributed by atoms with Crippen molar-refractivity contribution in [3.8, 4) is 0 Å². The maximum Gasteiger partial charge on any atom is 0.355 e. The van der Waals surface area contributed by atoms with Gasteiger partial charge in [-0.2, -0.15) is 0 Å². The first-order valence-electron chi connectivity index (χ1n) is 5.51. The number of nitrogens with zero attached hydrogens (tertiary/aromatic N) is 1. The lowest BCUT2D eigenvalue weighted by atomic mass is 10.1. The third kappa shape index (κ3) is 2.71. The van der Waals surface area contributed by atoms with Gasteiger partial charge < -0.3 is 5.11 Å². The minimum absolute atomic E-state index is 0.0979. The topological polar surface area (TPSA) is 50.2 Å². The van der Waals surface area contributed by atoms with Crippen molar-refractivity contribution >= 4 is 17.7 Å². The van der Waals surface area contributed by atoms with Gasteiger partial charge in [-0.15, -0.1) is 0 Å². The fourth-order valence-corrected chi connectivity index (χ4v) is 2.55. The molecule has 0 amide bonds. The van der Waals surface area contributed by atoms with Gasteiger partial charge in [0.2, 0.25) is 0 Å². The van der Waals surface area contributed by atoms with Crippen LogP contribution in [0, 0.1) is 13.8 Å². The summed E-state index contributed by atoms with van der Waals surface area (Å²) in [5.41, 5.74) is 2.52. The zero-order valence-corrected chi connectivity index (χ0v) is 11.0. The SMILES string of the molecule is Cc1ccc(Sc2cccnc2C(=O)O)cc1C. The van der Waals surface area contributed by atoms with Gasteiger partial charge in [0.15, 0.2) is 5.69 Å². The molecule has 1 aromatic carbocycles. The Labute approximate surface area is 110 Å². The van der Waals surface area contributed by atoms with E-state index in [-0.39, 0.29) is 5.69 Å². The van der Waals surface area contributed by atoms with Gasteiger partial charge in [0.05, 0.1) is 0 Å². The summed E-state index contributed by atoms with van der Waals surface area (Å²) < 4.78 is 0. The molecule has 0 radical (unpaired) electrons. The Hall–Kier alpha value is -1.81. The van der Waals surface area contributed by atoms with E-state index in [1.54, 1.807) is 12.1 Å². The van der Waals surface area contributed by atoms with Crippen molar-refractivity contribution < 1.29 is 9.90 Å². The summed E-state index contributed by atoms with van der Waals surface area (Å²) in [5.74, 6) is -0.998. The predicted octanol–water partition coefficient (Wildman–Crippen LogP) is 3.55. The number of aromatic carboxylic acids is 1. The highest BCUT2D eigenvalue weighted by molar-refractivity contribution is 7.99. The van der Waals surface area contributed by atoms with Crippen molar-refractivity contribution in [2.24, 2.45) is 0 Å². The third-order valence-corrected chi connectivity index (χ3v) is 3.72. The van der Waals surface area contributed by atoms with Crippen LogP contribution in [0.1, 0.15) is 21.6 Å². The third-order valence-electron chi connectivity index (χ3n) is 2.68. The average molecular weight is 259 g/mol. The van der Waals surface area contributed by atoms with Crippen LogP contribution in [0.2, 0.25) is 0 Å². The Balaban J connectivity index is 2.34. The molecule has 0 spiro atoms. The molecule has 1 N–H and O–H groups in total. The Kier molecular flexibility index (Phi) is 3.67. The molecule has 0 bridgehead atoms. The fraction of sp³-hybridized carbons (Fsp3) is 0.143. The molecule has 0 atom stereocenters. The first-order valence-corrected chi connectivity index (χ1v) is 6.33. The molecule has 3 nitrogen and oxygen atoms in total. The van der Waals surface area contributed by atoms with E-state index in [2.05, 4.69) is 18.0 Å². The molecule has 18 heavy (non-hydrogen) atoms. The summed E-state index contributed by atoms with van der Waals surface area (Å²) in [5, 5.41) is 9.07. The Morgan fingerprint density at radius 2 is 2.00 bits per heavy atom. The van der Waals surface area contributed by atoms with E-state index in [1.807, 2.05) is 19.1 Å². The molecule has 4 heteroatoms. The first-order chi connectivity index (χ1) is 8.58. The van der Waals surface area contributed by atoms with Crippen LogP contribution in [0.25, 0.3) is 0 Å². The number of carboxylic acid groups (broad SMARTS) is 1. The van der Waals surface area contributed by atoms with Gasteiger partial charge in [-0.1, -0.05) is 17.8 Å². The number of pyridine rings is 1. The molecule has 0 aliphatic carbocycles. The van der Waals surface area contributed by atoms with Gasteiger partial charge in [-0.25, -0.2) is 9.78 Å². The van der Waals surface area contributed by atoms with Crippen molar-refractivity contribution in [3.05, 3.63) is 53.3 Å². The van der Waals surface area contributed by atoms with Crippen LogP contribution in [0.15, 0.2) is 46.3 Å². The Morgan fingerprint density at radius 3 is 2.67 bits per heavy atom. The Morgan fingerprint density at radius 1 is 1.22 bits per heavy atom. The maximum absolute atomic E-state index is 11.1. The summed E-state index contributed by atoms with van der Waals surface area (Å²) in [7, 11) is 0. The molecule has 1 aromatic heterocycles. The average Bonchev–Trinajstić information content (AvgIpc) is 2.34. The second-order valence-corrected chi connectivity index (χ2v) is 5.12. The van der Waals surface area contributed by atoms with E-state index in [0.717, 1.165) is 4.90 Å². The quantitative estimate of drug-likeness (QED) is 0.915. The van der Waals surface area contributed by atoms with Gasteiger partial charge in [0.25, 0.3) is 0 Å². The molecule has 0 aliphatic rings. The number of benzene rings is 1. The first kappa shape index (κ1) is 12.6. The molecule has 0 fully saturated rings. The molecular formula is C14H13NO2S. The fourth-order valence-electron chi connectivity index (χ4n) is 1.54. The van der Waals surface area contributed by atoms with Crippen LogP contribution in [-0.2, 0) is 0 Å². The second kappa shape index (κ2) is 5.23. The number of aromatic nitrogens is 1. The summed E-state index contributed by atoms with van der Waals surface area (Å²) in [6.07, 6.45) is 1.49. The highest BCUT2D eigenvalue weighted by atomic mass is 32.2. The molecule has 0 unspecified atom stereocenters.